The molecule has 1 rings (SSSR count). The summed E-state index contributed by atoms with van der Waals surface area (Å²) in [5, 5.41) is 8.85. The molecule has 110 valence electrons. The van der Waals surface area contributed by atoms with E-state index in [1.54, 1.807) is 6.92 Å². The molecule has 0 aromatic carbocycles. The Morgan fingerprint density at radius 3 is 2.26 bits per heavy atom. The van der Waals surface area contributed by atoms with Crippen molar-refractivity contribution < 1.29 is 23.1 Å². The molecule has 1 N–H and O–H groups in total. The summed E-state index contributed by atoms with van der Waals surface area (Å²) in [6, 6.07) is -0.589. The van der Waals surface area contributed by atoms with Crippen molar-refractivity contribution in [2.45, 2.75) is 26.3 Å². The van der Waals surface area contributed by atoms with Gasteiger partial charge in [0.15, 0.2) is 9.84 Å². The Balaban J connectivity index is 2.74. The van der Waals surface area contributed by atoms with Crippen LogP contribution in [0.15, 0.2) is 0 Å². The van der Waals surface area contributed by atoms with Crippen LogP contribution >= 0.6 is 0 Å². The number of aliphatic carboxylic acids is 1. The van der Waals surface area contributed by atoms with E-state index in [0.29, 0.717) is 6.42 Å². The van der Waals surface area contributed by atoms with Crippen molar-refractivity contribution in [3.8, 4) is 0 Å². The van der Waals surface area contributed by atoms with Crippen LogP contribution in [-0.4, -0.2) is 72.5 Å². The van der Waals surface area contributed by atoms with Gasteiger partial charge in [-0.15, -0.1) is 0 Å². The van der Waals surface area contributed by atoms with Crippen LogP contribution in [-0.2, 0) is 14.6 Å². The van der Waals surface area contributed by atoms with Crippen molar-refractivity contribution in [3.63, 3.8) is 0 Å². The molecule has 0 spiro atoms. The Kier molecular flexibility index (Phi) is 5.16. The van der Waals surface area contributed by atoms with Gasteiger partial charge in [0.05, 0.1) is 11.5 Å². The van der Waals surface area contributed by atoms with Crippen LogP contribution in [0, 0.1) is 0 Å². The molecule has 1 fully saturated rings. The standard InChI is InChI=1S/C11H20N2O5S/c1-3-9(2)13(8-10(14)15)11(16)12-4-6-19(17,18)7-5-12/h9H,3-8H2,1-2H3,(H,14,15). The maximum Gasteiger partial charge on any atom is 0.323 e. The SMILES string of the molecule is CCC(C)N(CC(=O)O)C(=O)N1CCS(=O)(=O)CC1. The van der Waals surface area contributed by atoms with Crippen LogP contribution in [0.2, 0.25) is 0 Å². The highest BCUT2D eigenvalue weighted by atomic mass is 32.2. The third-order valence-electron chi connectivity index (χ3n) is 3.29. The van der Waals surface area contributed by atoms with Crippen LogP contribution in [0.3, 0.4) is 0 Å². The average Bonchev–Trinajstić information content (AvgIpc) is 2.34. The first-order valence-electron chi connectivity index (χ1n) is 6.24. The molecule has 1 aliphatic rings. The molecule has 1 heterocycles. The second kappa shape index (κ2) is 6.23. The molecule has 8 heteroatoms. The van der Waals surface area contributed by atoms with Crippen molar-refractivity contribution in [3.05, 3.63) is 0 Å². The van der Waals surface area contributed by atoms with Crippen molar-refractivity contribution in [1.29, 1.82) is 0 Å². The zero-order valence-corrected chi connectivity index (χ0v) is 12.0. The number of sulfone groups is 1. The maximum absolute atomic E-state index is 12.2. The van der Waals surface area contributed by atoms with E-state index in [2.05, 4.69) is 0 Å². The number of hydrogen-bond donors (Lipinski definition) is 1. The minimum Gasteiger partial charge on any atom is -0.480 e. The zero-order chi connectivity index (χ0) is 14.6. The number of carboxylic acid groups (broad SMARTS) is 1. The van der Waals surface area contributed by atoms with Crippen LogP contribution < -0.4 is 0 Å². The summed E-state index contributed by atoms with van der Waals surface area (Å²) in [5.74, 6) is -1.18. The van der Waals surface area contributed by atoms with Gasteiger partial charge in [-0.2, -0.15) is 0 Å². The Morgan fingerprint density at radius 1 is 1.32 bits per heavy atom. The topological polar surface area (TPSA) is 95.0 Å². The minimum absolute atomic E-state index is 0.0554. The van der Waals surface area contributed by atoms with Crippen LogP contribution in [0.25, 0.3) is 0 Å². The number of hydrogen-bond acceptors (Lipinski definition) is 4. The Hall–Kier alpha value is -1.31. The summed E-state index contributed by atoms with van der Waals surface area (Å²) >= 11 is 0. The van der Waals surface area contributed by atoms with Gasteiger partial charge in [-0.05, 0) is 13.3 Å². The molecule has 0 radical (unpaired) electrons. The van der Waals surface area contributed by atoms with E-state index >= 15 is 0 Å². The largest absolute Gasteiger partial charge is 0.480 e. The predicted octanol–water partition coefficient (Wildman–Crippen LogP) is 0.0219. The smallest absolute Gasteiger partial charge is 0.323 e. The van der Waals surface area contributed by atoms with E-state index in [1.807, 2.05) is 6.92 Å². The van der Waals surface area contributed by atoms with Gasteiger partial charge in [0.1, 0.15) is 6.54 Å². The fourth-order valence-electron chi connectivity index (χ4n) is 1.86. The number of carboxylic acids is 1. The number of carbonyl (C=O) groups excluding carboxylic acids is 1. The van der Waals surface area contributed by atoms with E-state index in [9.17, 15) is 18.0 Å². The molecular weight excluding hydrogens is 272 g/mol. The van der Waals surface area contributed by atoms with Crippen molar-refractivity contribution in [2.24, 2.45) is 0 Å². The van der Waals surface area contributed by atoms with Crippen molar-refractivity contribution >= 4 is 21.8 Å². The third-order valence-corrected chi connectivity index (χ3v) is 4.90. The summed E-state index contributed by atoms with van der Waals surface area (Å²) in [6.07, 6.45) is 0.644. The molecule has 0 saturated carbocycles. The number of urea groups is 1. The Bertz CT molecular complexity index is 434. The maximum atomic E-state index is 12.2. The number of amides is 2. The number of rotatable bonds is 4. The van der Waals surface area contributed by atoms with Gasteiger partial charge in [0.2, 0.25) is 0 Å². The highest BCUT2D eigenvalue weighted by Gasteiger charge is 2.30. The molecule has 2 amide bonds. The molecular formula is C11H20N2O5S. The summed E-state index contributed by atoms with van der Waals surface area (Å²) in [4.78, 5) is 25.7. The highest BCUT2D eigenvalue weighted by molar-refractivity contribution is 7.91. The quantitative estimate of drug-likeness (QED) is 0.788. The average molecular weight is 292 g/mol. The normalized spacial score (nSPS) is 19.8. The first-order valence-corrected chi connectivity index (χ1v) is 8.06. The summed E-state index contributed by atoms with van der Waals surface area (Å²) in [6.45, 7) is 3.55. The molecule has 7 nitrogen and oxygen atoms in total. The summed E-state index contributed by atoms with van der Waals surface area (Å²) in [7, 11) is -3.05. The van der Waals surface area contributed by atoms with Crippen LogP contribution in [0.1, 0.15) is 20.3 Å². The first kappa shape index (κ1) is 15.7. The highest BCUT2D eigenvalue weighted by Crippen LogP contribution is 2.11. The molecule has 19 heavy (non-hydrogen) atoms. The van der Waals surface area contributed by atoms with Crippen LogP contribution in [0.5, 0.6) is 0 Å². The molecule has 0 aliphatic carbocycles. The zero-order valence-electron chi connectivity index (χ0n) is 11.2. The van der Waals surface area contributed by atoms with Gasteiger partial charge < -0.3 is 14.9 Å². The summed E-state index contributed by atoms with van der Waals surface area (Å²) in [5.41, 5.74) is 0. The van der Waals surface area contributed by atoms with E-state index in [1.165, 1.54) is 9.80 Å². The number of carbonyl (C=O) groups is 2. The lowest BCUT2D eigenvalue weighted by Crippen LogP contribution is -2.53. The molecule has 0 aromatic rings. The monoisotopic (exact) mass is 292 g/mol. The molecule has 1 unspecified atom stereocenters. The second-order valence-electron chi connectivity index (χ2n) is 4.70. The molecule has 0 bridgehead atoms. The summed E-state index contributed by atoms with van der Waals surface area (Å²) < 4.78 is 22.6. The van der Waals surface area contributed by atoms with Gasteiger partial charge in [-0.1, -0.05) is 6.92 Å². The predicted molar refractivity (Wildman–Crippen MR) is 69.7 cm³/mol. The second-order valence-corrected chi connectivity index (χ2v) is 7.00. The van der Waals surface area contributed by atoms with E-state index in [4.69, 9.17) is 5.11 Å². The molecule has 0 aromatic heterocycles. The number of nitrogens with zero attached hydrogens (tertiary/aromatic N) is 2. The van der Waals surface area contributed by atoms with Crippen LogP contribution in [0.4, 0.5) is 4.79 Å². The van der Waals surface area contributed by atoms with Gasteiger partial charge in [-0.3, -0.25) is 4.79 Å². The Morgan fingerprint density at radius 2 is 1.84 bits per heavy atom. The Labute approximate surface area is 113 Å². The third kappa shape index (κ3) is 4.38. The van der Waals surface area contributed by atoms with Crippen molar-refractivity contribution in [1.82, 2.24) is 9.80 Å². The van der Waals surface area contributed by atoms with Gasteiger partial charge in [-0.25, -0.2) is 13.2 Å². The van der Waals surface area contributed by atoms with Gasteiger partial charge in [0.25, 0.3) is 0 Å². The fourth-order valence-corrected chi connectivity index (χ4v) is 3.06. The molecule has 1 atom stereocenters. The minimum atomic E-state index is -3.05. The van der Waals surface area contributed by atoms with E-state index in [-0.39, 0.29) is 37.2 Å². The lowest BCUT2D eigenvalue weighted by molar-refractivity contribution is -0.138. The lowest BCUT2D eigenvalue weighted by Gasteiger charge is -2.35. The molecule has 1 saturated heterocycles. The van der Waals surface area contributed by atoms with E-state index < -0.39 is 21.8 Å². The lowest BCUT2D eigenvalue weighted by atomic mass is 10.2. The van der Waals surface area contributed by atoms with Gasteiger partial charge >= 0.3 is 12.0 Å². The van der Waals surface area contributed by atoms with Gasteiger partial charge in [0, 0.05) is 19.1 Å². The first-order chi connectivity index (χ1) is 8.76. The molecule has 1 aliphatic heterocycles. The van der Waals surface area contributed by atoms with Crippen molar-refractivity contribution in [2.75, 3.05) is 31.1 Å². The van der Waals surface area contributed by atoms with E-state index in [0.717, 1.165) is 0 Å². The fraction of sp³-hybridized carbons (Fsp3) is 0.818.